The van der Waals surface area contributed by atoms with Crippen LogP contribution in [0.1, 0.15) is 23.2 Å². The average Bonchev–Trinajstić information content (AvgIpc) is 3.38. The van der Waals surface area contributed by atoms with Gasteiger partial charge < -0.3 is 15.0 Å². The molecule has 2 aromatic heterocycles. The van der Waals surface area contributed by atoms with Gasteiger partial charge in [-0.3, -0.25) is 9.89 Å². The molecule has 8 heteroatoms. The zero-order valence-electron chi connectivity index (χ0n) is 14.5. The molecule has 0 aliphatic heterocycles. The maximum atomic E-state index is 12.8. The average molecular weight is 386 g/mol. The van der Waals surface area contributed by atoms with Crippen molar-refractivity contribution in [3.05, 3.63) is 59.8 Å². The molecule has 1 fully saturated rings. The molecule has 3 atom stereocenters. The second-order valence-electron chi connectivity index (χ2n) is 6.91. The van der Waals surface area contributed by atoms with E-state index in [2.05, 4.69) is 20.5 Å². The molecule has 7 nitrogen and oxygen atoms in total. The SMILES string of the molecule is O=C(N[C@@H]1CC(Cn2ccnc2)C[C@H]1O)c1cn[nH]c1-c1ccc(Cl)cc1. The predicted octanol–water partition coefficient (Wildman–Crippen LogP) is 2.50. The van der Waals surface area contributed by atoms with Crippen LogP contribution in [0.3, 0.4) is 0 Å². The Bertz CT molecular complexity index is 907. The molecule has 1 unspecified atom stereocenters. The lowest BCUT2D eigenvalue weighted by Crippen LogP contribution is -2.40. The third kappa shape index (κ3) is 3.89. The van der Waals surface area contributed by atoms with E-state index < -0.39 is 6.10 Å². The molecule has 3 aromatic rings. The zero-order valence-corrected chi connectivity index (χ0v) is 15.3. The molecule has 140 valence electrons. The van der Waals surface area contributed by atoms with Crippen molar-refractivity contribution in [2.24, 2.45) is 5.92 Å². The van der Waals surface area contributed by atoms with Crippen molar-refractivity contribution in [1.29, 1.82) is 0 Å². The van der Waals surface area contributed by atoms with E-state index in [1.165, 1.54) is 6.20 Å². The number of carbonyl (C=O) groups is 1. The van der Waals surface area contributed by atoms with Crippen LogP contribution in [-0.2, 0) is 6.54 Å². The van der Waals surface area contributed by atoms with Crippen molar-refractivity contribution in [2.45, 2.75) is 31.5 Å². The Morgan fingerprint density at radius 1 is 1.33 bits per heavy atom. The molecule has 0 spiro atoms. The highest BCUT2D eigenvalue weighted by Crippen LogP contribution is 2.29. The molecule has 1 aromatic carbocycles. The summed E-state index contributed by atoms with van der Waals surface area (Å²) in [6.45, 7) is 0.783. The summed E-state index contributed by atoms with van der Waals surface area (Å²) in [4.78, 5) is 16.8. The fourth-order valence-corrected chi connectivity index (χ4v) is 3.78. The van der Waals surface area contributed by atoms with E-state index in [4.69, 9.17) is 11.6 Å². The van der Waals surface area contributed by atoms with Crippen molar-refractivity contribution in [3.63, 3.8) is 0 Å². The Kier molecular flexibility index (Phi) is 4.96. The number of nitrogens with one attached hydrogen (secondary N) is 2. The van der Waals surface area contributed by atoms with Crippen LogP contribution in [0.15, 0.2) is 49.2 Å². The molecule has 1 aliphatic rings. The molecule has 1 amide bonds. The van der Waals surface area contributed by atoms with Crippen LogP contribution < -0.4 is 5.32 Å². The molecule has 1 aliphatic carbocycles. The number of aliphatic hydroxyl groups is 1. The summed E-state index contributed by atoms with van der Waals surface area (Å²) in [6.07, 6.45) is 7.72. The third-order valence-electron chi connectivity index (χ3n) is 4.99. The Labute approximate surface area is 161 Å². The first-order valence-corrected chi connectivity index (χ1v) is 9.22. The van der Waals surface area contributed by atoms with Crippen molar-refractivity contribution in [1.82, 2.24) is 25.1 Å². The number of aromatic amines is 1. The number of benzene rings is 1. The number of hydrogen-bond donors (Lipinski definition) is 3. The van der Waals surface area contributed by atoms with Gasteiger partial charge in [0.2, 0.25) is 0 Å². The van der Waals surface area contributed by atoms with Crippen molar-refractivity contribution < 1.29 is 9.90 Å². The lowest BCUT2D eigenvalue weighted by Gasteiger charge is -2.16. The van der Waals surface area contributed by atoms with Crippen LogP contribution in [0.4, 0.5) is 0 Å². The van der Waals surface area contributed by atoms with Gasteiger partial charge in [0.25, 0.3) is 5.91 Å². The summed E-state index contributed by atoms with van der Waals surface area (Å²) < 4.78 is 2.00. The lowest BCUT2D eigenvalue weighted by molar-refractivity contribution is 0.0873. The summed E-state index contributed by atoms with van der Waals surface area (Å²) in [5.41, 5.74) is 1.90. The molecule has 0 saturated heterocycles. The molecular weight excluding hydrogens is 366 g/mol. The highest BCUT2D eigenvalue weighted by atomic mass is 35.5. The van der Waals surface area contributed by atoms with Gasteiger partial charge in [-0.25, -0.2) is 4.98 Å². The summed E-state index contributed by atoms with van der Waals surface area (Å²) in [6, 6.07) is 6.91. The van der Waals surface area contributed by atoms with Crippen LogP contribution in [0, 0.1) is 5.92 Å². The summed E-state index contributed by atoms with van der Waals surface area (Å²) in [5.74, 6) is 0.0422. The number of halogens is 1. The van der Waals surface area contributed by atoms with Gasteiger partial charge in [-0.2, -0.15) is 5.10 Å². The highest BCUT2D eigenvalue weighted by Gasteiger charge is 2.34. The van der Waals surface area contributed by atoms with E-state index in [0.29, 0.717) is 28.6 Å². The molecule has 0 radical (unpaired) electrons. The van der Waals surface area contributed by atoms with Gasteiger partial charge in [-0.05, 0) is 30.9 Å². The number of hydrogen-bond acceptors (Lipinski definition) is 4. The summed E-state index contributed by atoms with van der Waals surface area (Å²) in [7, 11) is 0. The third-order valence-corrected chi connectivity index (χ3v) is 5.24. The molecule has 2 heterocycles. The largest absolute Gasteiger partial charge is 0.391 e. The number of rotatable bonds is 5. The van der Waals surface area contributed by atoms with E-state index in [-0.39, 0.29) is 11.9 Å². The smallest absolute Gasteiger partial charge is 0.255 e. The molecule has 0 bridgehead atoms. The standard InChI is InChI=1S/C19H20ClN5O2/c20-14-3-1-13(2-4-14)18-15(9-22-24-18)19(27)23-16-7-12(8-17(16)26)10-25-6-5-21-11-25/h1-6,9,11-12,16-17,26H,7-8,10H2,(H,22,24)(H,23,27)/t12?,16-,17-/m1/s1. The van der Waals surface area contributed by atoms with Crippen LogP contribution in [0.5, 0.6) is 0 Å². The van der Waals surface area contributed by atoms with Gasteiger partial charge in [-0.15, -0.1) is 0 Å². The van der Waals surface area contributed by atoms with Crippen LogP contribution in [0.2, 0.25) is 5.02 Å². The van der Waals surface area contributed by atoms with Crippen LogP contribution in [0.25, 0.3) is 11.3 Å². The Morgan fingerprint density at radius 2 is 2.15 bits per heavy atom. The minimum atomic E-state index is -0.562. The second kappa shape index (κ2) is 7.54. The number of aromatic nitrogens is 4. The van der Waals surface area contributed by atoms with Crippen molar-refractivity contribution in [3.8, 4) is 11.3 Å². The normalized spacial score (nSPS) is 22.1. The predicted molar refractivity (Wildman–Crippen MR) is 101 cm³/mol. The van der Waals surface area contributed by atoms with E-state index in [0.717, 1.165) is 18.5 Å². The molecule has 3 N–H and O–H groups in total. The Morgan fingerprint density at radius 3 is 2.89 bits per heavy atom. The summed E-state index contributed by atoms with van der Waals surface area (Å²) >= 11 is 5.93. The van der Waals surface area contributed by atoms with Crippen molar-refractivity contribution in [2.75, 3.05) is 0 Å². The number of H-pyrrole nitrogens is 1. The number of amides is 1. The molecule has 27 heavy (non-hydrogen) atoms. The molecule has 4 rings (SSSR count). The first-order chi connectivity index (χ1) is 13.1. The van der Waals surface area contributed by atoms with Gasteiger partial charge in [0.15, 0.2) is 0 Å². The maximum absolute atomic E-state index is 12.8. The first-order valence-electron chi connectivity index (χ1n) is 8.84. The van der Waals surface area contributed by atoms with Gasteiger partial charge in [0.1, 0.15) is 0 Å². The highest BCUT2D eigenvalue weighted by molar-refractivity contribution is 6.30. The van der Waals surface area contributed by atoms with Gasteiger partial charge >= 0.3 is 0 Å². The zero-order chi connectivity index (χ0) is 18.8. The Balaban J connectivity index is 1.44. The van der Waals surface area contributed by atoms with Crippen LogP contribution >= 0.6 is 11.6 Å². The topological polar surface area (TPSA) is 95.8 Å². The number of imidazole rings is 1. The Hall–Kier alpha value is -2.64. The fraction of sp³-hybridized carbons (Fsp3) is 0.316. The van der Waals surface area contributed by atoms with Gasteiger partial charge in [0.05, 0.1) is 35.9 Å². The number of nitrogens with zero attached hydrogens (tertiary/aromatic N) is 3. The van der Waals surface area contributed by atoms with E-state index in [1.807, 2.05) is 22.9 Å². The van der Waals surface area contributed by atoms with Crippen LogP contribution in [-0.4, -0.2) is 42.9 Å². The monoisotopic (exact) mass is 385 g/mol. The minimum absolute atomic E-state index is 0.249. The quantitative estimate of drug-likeness (QED) is 0.628. The van der Waals surface area contributed by atoms with E-state index in [9.17, 15) is 9.90 Å². The van der Waals surface area contributed by atoms with Gasteiger partial charge in [-0.1, -0.05) is 23.7 Å². The van der Waals surface area contributed by atoms with Crippen molar-refractivity contribution >= 4 is 17.5 Å². The van der Waals surface area contributed by atoms with E-state index >= 15 is 0 Å². The first kappa shape index (κ1) is 17.8. The summed E-state index contributed by atoms with van der Waals surface area (Å²) in [5, 5.41) is 20.8. The molecular formula is C19H20ClN5O2. The second-order valence-corrected chi connectivity index (χ2v) is 7.35. The molecule has 1 saturated carbocycles. The number of aliphatic hydroxyl groups excluding tert-OH is 1. The number of carbonyl (C=O) groups excluding carboxylic acids is 1. The minimum Gasteiger partial charge on any atom is -0.391 e. The maximum Gasteiger partial charge on any atom is 0.255 e. The van der Waals surface area contributed by atoms with Gasteiger partial charge in [0, 0.05) is 29.5 Å². The van der Waals surface area contributed by atoms with E-state index in [1.54, 1.807) is 24.7 Å². The fourth-order valence-electron chi connectivity index (χ4n) is 3.66. The lowest BCUT2D eigenvalue weighted by atomic mass is 10.1.